The van der Waals surface area contributed by atoms with Crippen LogP contribution in [0, 0.1) is 0 Å². The molecule has 2 heterocycles. The number of phenols is 1. The highest BCUT2D eigenvalue weighted by Gasteiger charge is 2.48. The normalized spacial score (nSPS) is 22.6. The molecule has 0 radical (unpaired) electrons. The second-order valence-electron chi connectivity index (χ2n) is 9.11. The van der Waals surface area contributed by atoms with E-state index in [4.69, 9.17) is 23.4 Å². The molecule has 5 atom stereocenters. The zero-order chi connectivity index (χ0) is 28.4. The number of esters is 1. The lowest BCUT2D eigenvalue weighted by atomic mass is 9.99. The number of ether oxygens (including phenoxy) is 4. The fourth-order valence-corrected chi connectivity index (χ4v) is 4.35. The van der Waals surface area contributed by atoms with Crippen molar-refractivity contribution in [2.75, 3.05) is 13.7 Å². The minimum Gasteiger partial charge on any atom is -0.508 e. The number of hydrogen-bond donors (Lipinski definition) is 4. The summed E-state index contributed by atoms with van der Waals surface area (Å²) in [4.78, 5) is 25.9. The standard InChI is InChI=1S/C29H26O11/c1-36-18-8-4-15(5-9-18)21-14-37-22-12-19(10-11-20(22)24(21)32)38-29-27(26(34)25(33)23(13-30)39-29)40-28(35)16-2-6-17(31)7-3-16/h2-12,14,23,25-27,29-31,33-34H,13H2,1H3/t23?,25-,26+,27?,29-/m1/s1. The van der Waals surface area contributed by atoms with Gasteiger partial charge in [-0.1, -0.05) is 12.1 Å². The van der Waals surface area contributed by atoms with Crippen molar-refractivity contribution in [1.82, 2.24) is 0 Å². The number of fused-ring (bicyclic) bond motifs is 1. The Balaban J connectivity index is 1.41. The Morgan fingerprint density at radius 2 is 1.65 bits per heavy atom. The molecule has 3 aromatic carbocycles. The van der Waals surface area contributed by atoms with E-state index in [9.17, 15) is 30.0 Å². The average molecular weight is 551 g/mol. The number of aliphatic hydroxyl groups excluding tert-OH is 3. The number of rotatable bonds is 7. The van der Waals surface area contributed by atoms with Crippen molar-refractivity contribution in [2.45, 2.75) is 30.7 Å². The third-order valence-corrected chi connectivity index (χ3v) is 6.57. The molecule has 1 aliphatic rings. The molecular weight excluding hydrogens is 524 g/mol. The summed E-state index contributed by atoms with van der Waals surface area (Å²) in [5.74, 6) is -0.136. The maximum Gasteiger partial charge on any atom is 0.338 e. The zero-order valence-electron chi connectivity index (χ0n) is 21.2. The van der Waals surface area contributed by atoms with Gasteiger partial charge in [0.15, 0.2) is 11.5 Å². The number of aliphatic hydroxyl groups is 3. The Bertz CT molecular complexity index is 1550. The first-order chi connectivity index (χ1) is 19.3. The third kappa shape index (κ3) is 5.36. The van der Waals surface area contributed by atoms with Crippen LogP contribution in [0.4, 0.5) is 0 Å². The first-order valence-corrected chi connectivity index (χ1v) is 12.3. The number of phenolic OH excluding ortho intramolecular Hbond substituents is 1. The van der Waals surface area contributed by atoms with Gasteiger partial charge in [-0.2, -0.15) is 0 Å². The first-order valence-electron chi connectivity index (χ1n) is 12.3. The van der Waals surface area contributed by atoms with Crippen molar-refractivity contribution in [3.8, 4) is 28.4 Å². The van der Waals surface area contributed by atoms with Crippen molar-refractivity contribution in [3.05, 3.63) is 88.8 Å². The largest absolute Gasteiger partial charge is 0.508 e. The summed E-state index contributed by atoms with van der Waals surface area (Å²) in [5, 5.41) is 40.4. The van der Waals surface area contributed by atoms with Crippen LogP contribution in [0.25, 0.3) is 22.1 Å². The fraction of sp³-hybridized carbons (Fsp3) is 0.241. The Morgan fingerprint density at radius 1 is 0.950 bits per heavy atom. The van der Waals surface area contributed by atoms with Gasteiger partial charge in [-0.25, -0.2) is 4.79 Å². The first kappa shape index (κ1) is 27.2. The molecule has 11 nitrogen and oxygen atoms in total. The van der Waals surface area contributed by atoms with Crippen LogP contribution in [0.5, 0.6) is 17.2 Å². The SMILES string of the molecule is COc1ccc(-c2coc3cc(O[C@@H]4OC(CO)[C@@H](O)[C@H](O)C4OC(=O)c4ccc(O)cc4)ccc3c2=O)cc1. The molecule has 4 N–H and O–H groups in total. The molecule has 1 saturated heterocycles. The second kappa shape index (κ2) is 11.4. The lowest BCUT2D eigenvalue weighted by molar-refractivity contribution is -0.276. The number of aromatic hydroxyl groups is 1. The van der Waals surface area contributed by atoms with Crippen molar-refractivity contribution < 1.29 is 48.6 Å². The summed E-state index contributed by atoms with van der Waals surface area (Å²) in [5.41, 5.74) is 0.999. The Kier molecular flexibility index (Phi) is 7.71. The van der Waals surface area contributed by atoms with Crippen molar-refractivity contribution in [1.29, 1.82) is 0 Å². The fourth-order valence-electron chi connectivity index (χ4n) is 4.35. The molecule has 0 amide bonds. The van der Waals surface area contributed by atoms with Crippen LogP contribution in [0.1, 0.15) is 10.4 Å². The monoisotopic (exact) mass is 550 g/mol. The van der Waals surface area contributed by atoms with Crippen LogP contribution in [0.15, 0.2) is 82.2 Å². The van der Waals surface area contributed by atoms with E-state index >= 15 is 0 Å². The summed E-state index contributed by atoms with van der Waals surface area (Å²) >= 11 is 0. The van der Waals surface area contributed by atoms with E-state index in [0.29, 0.717) is 16.9 Å². The van der Waals surface area contributed by atoms with E-state index in [-0.39, 0.29) is 33.5 Å². The number of methoxy groups -OCH3 is 1. The van der Waals surface area contributed by atoms with Gasteiger partial charge in [-0.15, -0.1) is 0 Å². The number of carbonyl (C=O) groups excluding carboxylic acids is 1. The van der Waals surface area contributed by atoms with E-state index in [1.807, 2.05) is 0 Å². The van der Waals surface area contributed by atoms with Crippen LogP contribution in [-0.2, 0) is 9.47 Å². The van der Waals surface area contributed by atoms with E-state index in [2.05, 4.69) is 0 Å². The third-order valence-electron chi connectivity index (χ3n) is 6.57. The van der Waals surface area contributed by atoms with E-state index in [0.717, 1.165) is 0 Å². The number of benzene rings is 3. The van der Waals surface area contributed by atoms with Crippen LogP contribution in [0.3, 0.4) is 0 Å². The molecule has 40 heavy (non-hydrogen) atoms. The molecule has 11 heteroatoms. The predicted molar refractivity (Wildman–Crippen MR) is 140 cm³/mol. The molecule has 1 aliphatic heterocycles. The topological polar surface area (TPSA) is 165 Å². The molecule has 4 aromatic rings. The van der Waals surface area contributed by atoms with Crippen LogP contribution in [0.2, 0.25) is 0 Å². The van der Waals surface area contributed by atoms with Crippen LogP contribution < -0.4 is 14.9 Å². The average Bonchev–Trinajstić information content (AvgIpc) is 2.97. The highest BCUT2D eigenvalue weighted by molar-refractivity contribution is 5.89. The van der Waals surface area contributed by atoms with Crippen molar-refractivity contribution >= 4 is 16.9 Å². The quantitative estimate of drug-likeness (QED) is 0.249. The Labute approximate surface area is 227 Å². The van der Waals surface area contributed by atoms with Crippen LogP contribution >= 0.6 is 0 Å². The van der Waals surface area contributed by atoms with Gasteiger partial charge in [0.2, 0.25) is 6.29 Å². The van der Waals surface area contributed by atoms with E-state index in [1.54, 1.807) is 31.4 Å². The summed E-state index contributed by atoms with van der Waals surface area (Å²) < 4.78 is 27.8. The molecule has 5 rings (SSSR count). The van der Waals surface area contributed by atoms with E-state index in [1.165, 1.54) is 48.7 Å². The molecule has 0 saturated carbocycles. The minimum absolute atomic E-state index is 0.0564. The van der Waals surface area contributed by atoms with Gasteiger partial charge >= 0.3 is 5.97 Å². The van der Waals surface area contributed by atoms with Gasteiger partial charge < -0.3 is 43.8 Å². The highest BCUT2D eigenvalue weighted by Crippen LogP contribution is 2.30. The molecule has 0 spiro atoms. The maximum atomic E-state index is 13.2. The van der Waals surface area contributed by atoms with E-state index < -0.39 is 43.3 Å². The predicted octanol–water partition coefficient (Wildman–Crippen LogP) is 2.22. The molecule has 208 valence electrons. The second-order valence-corrected chi connectivity index (χ2v) is 9.11. The van der Waals surface area contributed by atoms with Gasteiger partial charge in [-0.05, 0) is 54.1 Å². The molecule has 1 aromatic heterocycles. The summed E-state index contributed by atoms with van der Waals surface area (Å²) in [6, 6.07) is 16.6. The molecule has 0 aliphatic carbocycles. The summed E-state index contributed by atoms with van der Waals surface area (Å²) in [7, 11) is 1.55. The smallest absolute Gasteiger partial charge is 0.338 e. The lowest BCUT2D eigenvalue weighted by Crippen LogP contribution is -2.61. The van der Waals surface area contributed by atoms with Crippen molar-refractivity contribution in [3.63, 3.8) is 0 Å². The van der Waals surface area contributed by atoms with Gasteiger partial charge in [0.25, 0.3) is 0 Å². The lowest BCUT2D eigenvalue weighted by Gasteiger charge is -2.41. The number of carbonyl (C=O) groups is 1. The Hall–Kier alpha value is -4.42. The van der Waals surface area contributed by atoms with Gasteiger partial charge in [-0.3, -0.25) is 4.79 Å². The van der Waals surface area contributed by atoms with Gasteiger partial charge in [0.1, 0.15) is 47.4 Å². The molecule has 1 fully saturated rings. The number of hydrogen-bond acceptors (Lipinski definition) is 11. The maximum absolute atomic E-state index is 13.2. The zero-order valence-corrected chi connectivity index (χ0v) is 21.2. The molecule has 0 bridgehead atoms. The van der Waals surface area contributed by atoms with Gasteiger partial charge in [0.05, 0.1) is 30.2 Å². The van der Waals surface area contributed by atoms with Crippen molar-refractivity contribution in [2.24, 2.45) is 0 Å². The highest BCUT2D eigenvalue weighted by atomic mass is 16.7. The minimum atomic E-state index is -1.66. The van der Waals surface area contributed by atoms with Gasteiger partial charge in [0, 0.05) is 6.07 Å². The molecular formula is C29H26O11. The Morgan fingerprint density at radius 3 is 2.33 bits per heavy atom. The summed E-state index contributed by atoms with van der Waals surface area (Å²) in [6.45, 7) is -0.641. The van der Waals surface area contributed by atoms with Crippen LogP contribution in [-0.4, -0.2) is 70.8 Å². The summed E-state index contributed by atoms with van der Waals surface area (Å²) in [6.07, 6.45) is -6.08. The molecule has 2 unspecified atom stereocenters.